The number of benzene rings is 1. The fourth-order valence-corrected chi connectivity index (χ4v) is 3.13. The van der Waals surface area contributed by atoms with Gasteiger partial charge in [0.1, 0.15) is 3.57 Å². The molecule has 0 aliphatic heterocycles. The van der Waals surface area contributed by atoms with E-state index in [-0.39, 0.29) is 5.69 Å². The van der Waals surface area contributed by atoms with Crippen molar-refractivity contribution in [2.75, 3.05) is 5.73 Å². The molecule has 0 aliphatic carbocycles. The molecule has 0 amide bonds. The van der Waals surface area contributed by atoms with Crippen LogP contribution in [0, 0.1) is 13.7 Å². The number of nitrogens with zero attached hydrogens (tertiary/aromatic N) is 1. The third-order valence-electron chi connectivity index (χ3n) is 1.89. The first-order valence-electron chi connectivity index (χ1n) is 3.71. The van der Waals surface area contributed by atoms with E-state index in [0.29, 0.717) is 9.26 Å². The average molecular weight is 320 g/mol. The van der Waals surface area contributed by atoms with Crippen molar-refractivity contribution >= 4 is 55.4 Å². The van der Waals surface area contributed by atoms with Crippen LogP contribution in [0.4, 0.5) is 11.4 Å². The van der Waals surface area contributed by atoms with Gasteiger partial charge in [-0.25, -0.2) is 0 Å². The van der Waals surface area contributed by atoms with E-state index in [1.54, 1.807) is 0 Å². The zero-order chi connectivity index (χ0) is 10.3. The molecule has 0 radical (unpaired) electrons. The SMILES string of the molecule is Nc1cc([N+](=O)[O-])c(I)c2sccc12. The quantitative estimate of drug-likeness (QED) is 0.380. The molecular weight excluding hydrogens is 315 g/mol. The average Bonchev–Trinajstić information content (AvgIpc) is 2.59. The largest absolute Gasteiger partial charge is 0.398 e. The molecule has 0 saturated heterocycles. The maximum Gasteiger partial charge on any atom is 0.286 e. The smallest absolute Gasteiger partial charge is 0.286 e. The zero-order valence-corrected chi connectivity index (χ0v) is 9.83. The van der Waals surface area contributed by atoms with Gasteiger partial charge in [0.2, 0.25) is 0 Å². The minimum absolute atomic E-state index is 0.0815. The number of thiophene rings is 1. The Hall–Kier alpha value is -0.890. The second-order valence-electron chi connectivity index (χ2n) is 2.72. The van der Waals surface area contributed by atoms with Crippen molar-refractivity contribution in [3.8, 4) is 0 Å². The van der Waals surface area contributed by atoms with E-state index < -0.39 is 4.92 Å². The molecule has 6 heteroatoms. The summed E-state index contributed by atoms with van der Waals surface area (Å²) in [4.78, 5) is 10.3. The number of hydrogen-bond acceptors (Lipinski definition) is 4. The first-order chi connectivity index (χ1) is 6.61. The summed E-state index contributed by atoms with van der Waals surface area (Å²) in [7, 11) is 0. The lowest BCUT2D eigenvalue weighted by Gasteiger charge is -2.00. The maximum absolute atomic E-state index is 10.7. The molecule has 14 heavy (non-hydrogen) atoms. The molecule has 2 N–H and O–H groups in total. The Bertz CT molecular complexity index is 523. The number of nitrogen functional groups attached to an aromatic ring is 1. The monoisotopic (exact) mass is 320 g/mol. The number of halogens is 1. The second kappa shape index (κ2) is 3.35. The minimum atomic E-state index is -0.405. The van der Waals surface area contributed by atoms with E-state index in [1.807, 2.05) is 34.0 Å². The van der Waals surface area contributed by atoms with Crippen molar-refractivity contribution in [3.05, 3.63) is 31.2 Å². The van der Waals surface area contributed by atoms with Crippen molar-refractivity contribution in [2.45, 2.75) is 0 Å². The lowest BCUT2D eigenvalue weighted by Crippen LogP contribution is -1.94. The van der Waals surface area contributed by atoms with Crippen LogP contribution in [0.2, 0.25) is 0 Å². The summed E-state index contributed by atoms with van der Waals surface area (Å²) < 4.78 is 1.55. The Kier molecular flexibility index (Phi) is 2.31. The van der Waals surface area contributed by atoms with Crippen molar-refractivity contribution in [1.82, 2.24) is 0 Å². The van der Waals surface area contributed by atoms with Gasteiger partial charge in [-0.3, -0.25) is 10.1 Å². The Morgan fingerprint density at radius 2 is 2.29 bits per heavy atom. The first-order valence-corrected chi connectivity index (χ1v) is 5.66. The van der Waals surface area contributed by atoms with Gasteiger partial charge < -0.3 is 5.73 Å². The summed E-state index contributed by atoms with van der Waals surface area (Å²) in [5, 5.41) is 13.5. The molecule has 1 aromatic heterocycles. The molecule has 0 saturated carbocycles. The normalized spacial score (nSPS) is 10.6. The van der Waals surface area contributed by atoms with Gasteiger partial charge in [-0.05, 0) is 34.0 Å². The number of nitro benzene ring substituents is 1. The van der Waals surface area contributed by atoms with E-state index in [0.717, 1.165) is 10.1 Å². The number of nitro groups is 1. The maximum atomic E-state index is 10.7. The van der Waals surface area contributed by atoms with E-state index in [9.17, 15) is 10.1 Å². The number of fused-ring (bicyclic) bond motifs is 1. The standard InChI is InChI=1S/C8H5IN2O2S/c9-7-6(11(12)13)3-5(10)4-1-2-14-8(4)7/h1-3H,10H2. The molecule has 2 aromatic rings. The van der Waals surface area contributed by atoms with Crippen molar-refractivity contribution in [3.63, 3.8) is 0 Å². The fourth-order valence-electron chi connectivity index (χ4n) is 1.24. The highest BCUT2D eigenvalue weighted by atomic mass is 127. The van der Waals surface area contributed by atoms with Gasteiger partial charge in [-0.1, -0.05) is 0 Å². The minimum Gasteiger partial charge on any atom is -0.398 e. The molecule has 0 spiro atoms. The molecule has 2 rings (SSSR count). The summed E-state index contributed by atoms with van der Waals surface area (Å²) in [5.41, 5.74) is 6.25. The van der Waals surface area contributed by atoms with Gasteiger partial charge in [0.25, 0.3) is 5.69 Å². The Morgan fingerprint density at radius 3 is 2.93 bits per heavy atom. The summed E-state index contributed by atoms with van der Waals surface area (Å²) in [6.45, 7) is 0. The highest BCUT2D eigenvalue weighted by Crippen LogP contribution is 2.36. The van der Waals surface area contributed by atoms with Crippen LogP contribution in [0.3, 0.4) is 0 Å². The molecule has 4 nitrogen and oxygen atoms in total. The van der Waals surface area contributed by atoms with Crippen LogP contribution in [0.25, 0.3) is 10.1 Å². The van der Waals surface area contributed by atoms with Crippen LogP contribution in [0.5, 0.6) is 0 Å². The van der Waals surface area contributed by atoms with Gasteiger partial charge >= 0.3 is 0 Å². The van der Waals surface area contributed by atoms with E-state index in [4.69, 9.17) is 5.73 Å². The Labute approximate surface area is 97.0 Å². The van der Waals surface area contributed by atoms with E-state index >= 15 is 0 Å². The third-order valence-corrected chi connectivity index (χ3v) is 4.28. The molecule has 0 aliphatic rings. The lowest BCUT2D eigenvalue weighted by molar-refractivity contribution is -0.385. The predicted octanol–water partition coefficient (Wildman–Crippen LogP) is 3.00. The van der Waals surface area contributed by atoms with Crippen LogP contribution >= 0.6 is 33.9 Å². The fraction of sp³-hybridized carbons (Fsp3) is 0. The topological polar surface area (TPSA) is 69.2 Å². The molecule has 1 heterocycles. The van der Waals surface area contributed by atoms with Gasteiger partial charge in [0, 0.05) is 17.1 Å². The first kappa shape index (κ1) is 9.66. The molecule has 1 aromatic carbocycles. The van der Waals surface area contributed by atoms with Crippen LogP contribution in [0.1, 0.15) is 0 Å². The van der Waals surface area contributed by atoms with Gasteiger partial charge in [-0.15, -0.1) is 11.3 Å². The Morgan fingerprint density at radius 1 is 1.57 bits per heavy atom. The Balaban J connectivity index is 2.88. The van der Waals surface area contributed by atoms with E-state index in [1.165, 1.54) is 17.4 Å². The molecular formula is C8H5IN2O2S. The van der Waals surface area contributed by atoms with Crippen molar-refractivity contribution < 1.29 is 4.92 Å². The predicted molar refractivity (Wildman–Crippen MR) is 65.6 cm³/mol. The molecule has 0 unspecified atom stereocenters. The molecule has 72 valence electrons. The number of rotatable bonds is 1. The van der Waals surface area contributed by atoms with Crippen LogP contribution in [-0.4, -0.2) is 4.92 Å². The highest BCUT2D eigenvalue weighted by Gasteiger charge is 2.17. The second-order valence-corrected chi connectivity index (χ2v) is 4.71. The summed E-state index contributed by atoms with van der Waals surface area (Å²) >= 11 is 3.45. The van der Waals surface area contributed by atoms with Gasteiger partial charge in [0.15, 0.2) is 0 Å². The summed E-state index contributed by atoms with van der Waals surface area (Å²) in [6.07, 6.45) is 0. The number of anilines is 1. The molecule has 0 atom stereocenters. The van der Waals surface area contributed by atoms with Gasteiger partial charge in [-0.2, -0.15) is 0 Å². The summed E-state index contributed by atoms with van der Waals surface area (Å²) in [5.74, 6) is 0. The highest BCUT2D eigenvalue weighted by molar-refractivity contribution is 14.1. The zero-order valence-electron chi connectivity index (χ0n) is 6.86. The van der Waals surface area contributed by atoms with Crippen LogP contribution < -0.4 is 5.73 Å². The van der Waals surface area contributed by atoms with Crippen LogP contribution in [-0.2, 0) is 0 Å². The third kappa shape index (κ3) is 1.34. The van der Waals surface area contributed by atoms with Crippen molar-refractivity contribution in [2.24, 2.45) is 0 Å². The van der Waals surface area contributed by atoms with Crippen LogP contribution in [0.15, 0.2) is 17.5 Å². The lowest BCUT2D eigenvalue weighted by atomic mass is 10.2. The van der Waals surface area contributed by atoms with Gasteiger partial charge in [0.05, 0.1) is 9.62 Å². The number of hydrogen-bond donors (Lipinski definition) is 1. The molecule has 0 bridgehead atoms. The molecule has 0 fully saturated rings. The number of nitrogens with two attached hydrogens (primary N) is 1. The summed E-state index contributed by atoms with van der Waals surface area (Å²) in [6, 6.07) is 3.29. The van der Waals surface area contributed by atoms with E-state index in [2.05, 4.69) is 0 Å². The van der Waals surface area contributed by atoms with Crippen molar-refractivity contribution in [1.29, 1.82) is 0 Å².